The topological polar surface area (TPSA) is 82.0 Å². The molecule has 5 nitrogen and oxygen atoms in total. The Balaban J connectivity index is 1.91. The van der Waals surface area contributed by atoms with Crippen LogP contribution in [0.1, 0.15) is 19.4 Å². The van der Waals surface area contributed by atoms with Crippen LogP contribution in [-0.2, 0) is 5.79 Å². The Morgan fingerprint density at radius 3 is 2.22 bits per heavy atom. The summed E-state index contributed by atoms with van der Waals surface area (Å²) < 4.78 is 5.64. The van der Waals surface area contributed by atoms with Crippen LogP contribution in [0.15, 0.2) is 54.6 Å². The number of aromatic hydroxyl groups is 1. The fraction of sp³-hybridized carbons (Fsp3) is 0.333. The second-order valence-corrected chi connectivity index (χ2v) is 5.69. The molecule has 2 atom stereocenters. The molecule has 0 saturated carbocycles. The van der Waals surface area contributed by atoms with E-state index in [2.05, 4.69) is 5.32 Å². The fourth-order valence-corrected chi connectivity index (χ4v) is 2.29. The smallest absolute Gasteiger partial charge is 0.205 e. The molecule has 0 aliphatic rings. The van der Waals surface area contributed by atoms with E-state index in [1.165, 1.54) is 24.3 Å². The molecule has 4 N–H and O–H groups in total. The summed E-state index contributed by atoms with van der Waals surface area (Å²) in [4.78, 5) is 0. The molecule has 0 spiro atoms. The highest BCUT2D eigenvalue weighted by Gasteiger charge is 2.33. The first-order valence-electron chi connectivity index (χ1n) is 7.57. The highest BCUT2D eigenvalue weighted by Crippen LogP contribution is 2.24. The number of rotatable bonds is 7. The quantitative estimate of drug-likeness (QED) is 0.587. The lowest BCUT2D eigenvalue weighted by molar-refractivity contribution is -0.190. The van der Waals surface area contributed by atoms with Crippen LogP contribution in [0, 0.1) is 0 Å². The monoisotopic (exact) mass is 317 g/mol. The molecule has 0 bridgehead atoms. The van der Waals surface area contributed by atoms with Gasteiger partial charge in [0.15, 0.2) is 0 Å². The molecule has 124 valence electrons. The van der Waals surface area contributed by atoms with Crippen LogP contribution in [-0.4, -0.2) is 34.0 Å². The van der Waals surface area contributed by atoms with E-state index >= 15 is 0 Å². The molecule has 0 aliphatic carbocycles. The molecule has 0 heterocycles. The highest BCUT2D eigenvalue weighted by atomic mass is 16.5. The predicted octanol–water partition coefficient (Wildman–Crippen LogP) is 1.98. The largest absolute Gasteiger partial charge is 0.508 e. The molecule has 2 aromatic carbocycles. The van der Waals surface area contributed by atoms with E-state index in [1.54, 1.807) is 6.92 Å². The number of aliphatic hydroxyl groups is 2. The van der Waals surface area contributed by atoms with Crippen molar-refractivity contribution in [3.8, 4) is 11.5 Å². The van der Waals surface area contributed by atoms with Gasteiger partial charge in [0.1, 0.15) is 18.1 Å². The number of hydrogen-bond acceptors (Lipinski definition) is 5. The molecular weight excluding hydrogens is 294 g/mol. The van der Waals surface area contributed by atoms with Gasteiger partial charge in [0.25, 0.3) is 0 Å². The van der Waals surface area contributed by atoms with Crippen molar-refractivity contribution in [2.75, 3.05) is 6.61 Å². The zero-order chi connectivity index (χ0) is 16.9. The number of phenolic OH excluding ortho intramolecular Hbond substituents is 1. The zero-order valence-electron chi connectivity index (χ0n) is 13.3. The van der Waals surface area contributed by atoms with Crippen molar-refractivity contribution in [1.82, 2.24) is 5.32 Å². The van der Waals surface area contributed by atoms with Crippen molar-refractivity contribution in [3.05, 3.63) is 60.2 Å². The van der Waals surface area contributed by atoms with Crippen LogP contribution >= 0.6 is 0 Å². The van der Waals surface area contributed by atoms with Gasteiger partial charge in [-0.15, -0.1) is 0 Å². The van der Waals surface area contributed by atoms with Crippen molar-refractivity contribution in [2.45, 2.75) is 31.7 Å². The Morgan fingerprint density at radius 1 is 1.00 bits per heavy atom. The number of nitrogens with one attached hydrogen (secondary N) is 1. The minimum absolute atomic E-state index is 0.0785. The second-order valence-electron chi connectivity index (χ2n) is 5.69. The van der Waals surface area contributed by atoms with Gasteiger partial charge in [-0.05, 0) is 50.2 Å². The maximum Gasteiger partial charge on any atom is 0.205 e. The van der Waals surface area contributed by atoms with Gasteiger partial charge in [-0.2, -0.15) is 0 Å². The molecule has 0 fully saturated rings. The summed E-state index contributed by atoms with van der Waals surface area (Å²) in [5.74, 6) is -1.20. The summed E-state index contributed by atoms with van der Waals surface area (Å²) in [7, 11) is 0. The van der Waals surface area contributed by atoms with Crippen LogP contribution in [0.25, 0.3) is 0 Å². The van der Waals surface area contributed by atoms with E-state index in [0.29, 0.717) is 12.2 Å². The molecule has 23 heavy (non-hydrogen) atoms. The van der Waals surface area contributed by atoms with E-state index in [4.69, 9.17) is 4.74 Å². The SMILES string of the molecule is CC(COc1ccccc1)NC(C)C(O)(O)c1ccc(O)cc1. The van der Waals surface area contributed by atoms with Crippen molar-refractivity contribution in [3.63, 3.8) is 0 Å². The lowest BCUT2D eigenvalue weighted by Crippen LogP contribution is -2.51. The predicted molar refractivity (Wildman–Crippen MR) is 88.2 cm³/mol. The minimum atomic E-state index is -2.05. The Labute approximate surface area is 136 Å². The molecule has 5 heteroatoms. The van der Waals surface area contributed by atoms with Gasteiger partial charge in [0, 0.05) is 11.6 Å². The van der Waals surface area contributed by atoms with Gasteiger partial charge in [-0.3, -0.25) is 0 Å². The average molecular weight is 317 g/mol. The highest BCUT2D eigenvalue weighted by molar-refractivity contribution is 5.29. The molecular formula is C18H23NO4. The summed E-state index contributed by atoms with van der Waals surface area (Å²) >= 11 is 0. The van der Waals surface area contributed by atoms with Crippen molar-refractivity contribution < 1.29 is 20.1 Å². The lowest BCUT2D eigenvalue weighted by atomic mass is 9.98. The van der Waals surface area contributed by atoms with E-state index in [0.717, 1.165) is 5.75 Å². The number of hydrogen-bond donors (Lipinski definition) is 4. The van der Waals surface area contributed by atoms with Crippen molar-refractivity contribution in [2.24, 2.45) is 0 Å². The van der Waals surface area contributed by atoms with E-state index in [-0.39, 0.29) is 11.8 Å². The molecule has 0 radical (unpaired) electrons. The summed E-state index contributed by atoms with van der Waals surface area (Å²) in [6.07, 6.45) is 0. The standard InChI is InChI=1S/C18H23NO4/c1-13(12-23-17-6-4-3-5-7-17)19-14(2)18(21,22)15-8-10-16(20)11-9-15/h3-11,13-14,19-22H,12H2,1-2H3. The van der Waals surface area contributed by atoms with Gasteiger partial charge < -0.3 is 25.4 Å². The first-order chi connectivity index (χ1) is 10.9. The Hall–Kier alpha value is -2.08. The Kier molecular flexibility index (Phi) is 5.60. The van der Waals surface area contributed by atoms with E-state index in [9.17, 15) is 15.3 Å². The summed E-state index contributed by atoms with van der Waals surface area (Å²) in [6, 6.07) is 14.6. The van der Waals surface area contributed by atoms with Gasteiger partial charge >= 0.3 is 0 Å². The van der Waals surface area contributed by atoms with Crippen LogP contribution in [0.5, 0.6) is 11.5 Å². The fourth-order valence-electron chi connectivity index (χ4n) is 2.29. The summed E-state index contributed by atoms with van der Waals surface area (Å²) in [6.45, 7) is 4.00. The van der Waals surface area contributed by atoms with Crippen LogP contribution in [0.2, 0.25) is 0 Å². The van der Waals surface area contributed by atoms with Crippen molar-refractivity contribution in [1.29, 1.82) is 0 Å². The molecule has 0 amide bonds. The molecule has 0 aromatic heterocycles. The van der Waals surface area contributed by atoms with E-state index < -0.39 is 11.8 Å². The van der Waals surface area contributed by atoms with Gasteiger partial charge in [0.2, 0.25) is 5.79 Å². The zero-order valence-corrected chi connectivity index (χ0v) is 13.3. The van der Waals surface area contributed by atoms with Crippen LogP contribution in [0.3, 0.4) is 0 Å². The maximum absolute atomic E-state index is 10.3. The molecule has 0 saturated heterocycles. The third-order valence-electron chi connectivity index (χ3n) is 3.67. The Bertz CT molecular complexity index is 598. The second kappa shape index (κ2) is 7.46. The lowest BCUT2D eigenvalue weighted by Gasteiger charge is -2.32. The van der Waals surface area contributed by atoms with Gasteiger partial charge in [-0.1, -0.05) is 18.2 Å². The van der Waals surface area contributed by atoms with Gasteiger partial charge in [-0.25, -0.2) is 0 Å². The average Bonchev–Trinajstić information content (AvgIpc) is 2.54. The minimum Gasteiger partial charge on any atom is -0.508 e. The summed E-state index contributed by atoms with van der Waals surface area (Å²) in [5, 5.41) is 33.1. The number of para-hydroxylation sites is 1. The third kappa shape index (κ3) is 4.69. The van der Waals surface area contributed by atoms with Crippen molar-refractivity contribution >= 4 is 0 Å². The normalized spacial score (nSPS) is 14.3. The van der Waals surface area contributed by atoms with Crippen LogP contribution in [0.4, 0.5) is 0 Å². The third-order valence-corrected chi connectivity index (χ3v) is 3.67. The molecule has 2 unspecified atom stereocenters. The number of phenols is 1. The van der Waals surface area contributed by atoms with E-state index in [1.807, 2.05) is 37.3 Å². The van der Waals surface area contributed by atoms with Crippen LogP contribution < -0.4 is 10.1 Å². The first-order valence-corrected chi connectivity index (χ1v) is 7.57. The number of benzene rings is 2. The number of ether oxygens (including phenoxy) is 1. The summed E-state index contributed by atoms with van der Waals surface area (Å²) in [5.41, 5.74) is 0.312. The Morgan fingerprint density at radius 2 is 1.61 bits per heavy atom. The molecule has 2 rings (SSSR count). The maximum atomic E-state index is 10.3. The van der Waals surface area contributed by atoms with Gasteiger partial charge in [0.05, 0.1) is 6.04 Å². The first kappa shape index (κ1) is 17.3. The molecule has 0 aliphatic heterocycles. The molecule has 2 aromatic rings.